The van der Waals surface area contributed by atoms with Crippen LogP contribution in [0, 0.1) is 6.92 Å². The molecule has 1 N–H and O–H groups in total. The van der Waals surface area contributed by atoms with E-state index in [0.717, 1.165) is 37.0 Å². The number of hydrogen-bond donors (Lipinski definition) is 1. The Morgan fingerprint density at radius 1 is 1.41 bits per heavy atom. The van der Waals surface area contributed by atoms with Gasteiger partial charge in [0.05, 0.1) is 0 Å². The van der Waals surface area contributed by atoms with Gasteiger partial charge in [-0.3, -0.25) is 0 Å². The molecule has 1 saturated heterocycles. The third kappa shape index (κ3) is 2.75. The number of hydrogen-bond acceptors (Lipinski definition) is 4. The maximum absolute atomic E-state index is 4.69. The van der Waals surface area contributed by atoms with Crippen LogP contribution in [-0.4, -0.2) is 35.6 Å². The summed E-state index contributed by atoms with van der Waals surface area (Å²) in [5.74, 6) is 1.34. The maximum Gasteiger partial charge on any atom is 0.226 e. The molecule has 0 aliphatic carbocycles. The van der Waals surface area contributed by atoms with E-state index in [9.17, 15) is 0 Å². The molecule has 2 heterocycles. The van der Waals surface area contributed by atoms with Crippen LogP contribution < -0.4 is 10.2 Å². The smallest absolute Gasteiger partial charge is 0.226 e. The van der Waals surface area contributed by atoms with Gasteiger partial charge in [0, 0.05) is 37.1 Å². The van der Waals surface area contributed by atoms with Crippen molar-refractivity contribution in [1.29, 1.82) is 0 Å². The Bertz CT molecular complexity index is 389. The van der Waals surface area contributed by atoms with Gasteiger partial charge in [-0.2, -0.15) is 0 Å². The highest BCUT2D eigenvalue weighted by atomic mass is 15.3. The largest absolute Gasteiger partial charge is 0.336 e. The Labute approximate surface area is 103 Å². The number of aromatic nitrogens is 2. The van der Waals surface area contributed by atoms with Gasteiger partial charge in [-0.05, 0) is 25.8 Å². The Kier molecular flexibility index (Phi) is 3.62. The summed E-state index contributed by atoms with van der Waals surface area (Å²) in [5, 5.41) is 3.39. The predicted molar refractivity (Wildman–Crippen MR) is 70.5 cm³/mol. The van der Waals surface area contributed by atoms with Crippen molar-refractivity contribution in [3.63, 3.8) is 0 Å². The summed E-state index contributed by atoms with van der Waals surface area (Å²) >= 11 is 0. The first kappa shape index (κ1) is 12.3. The molecule has 0 aromatic carbocycles. The minimum atomic E-state index is 0.452. The molecule has 0 spiro atoms. The lowest BCUT2D eigenvalue weighted by atomic mass is 10.1. The average Bonchev–Trinajstić information content (AvgIpc) is 2.28. The first-order valence-electron chi connectivity index (χ1n) is 6.41. The first-order valence-corrected chi connectivity index (χ1v) is 6.41. The summed E-state index contributed by atoms with van der Waals surface area (Å²) in [6, 6.07) is 2.55. The van der Waals surface area contributed by atoms with Crippen molar-refractivity contribution in [2.45, 2.75) is 39.7 Å². The van der Waals surface area contributed by atoms with Crippen LogP contribution in [0.3, 0.4) is 0 Å². The highest BCUT2D eigenvalue weighted by Crippen LogP contribution is 2.19. The molecule has 0 radical (unpaired) electrons. The quantitative estimate of drug-likeness (QED) is 0.845. The molecule has 1 aromatic heterocycles. The van der Waals surface area contributed by atoms with Crippen LogP contribution in [0.15, 0.2) is 6.07 Å². The molecule has 2 rings (SSSR count). The molecule has 1 aliphatic heterocycles. The fraction of sp³-hybridized carbons (Fsp3) is 0.692. The molecular formula is C13H22N4. The zero-order valence-electron chi connectivity index (χ0n) is 11.2. The minimum Gasteiger partial charge on any atom is -0.336 e. The Balaban J connectivity index is 2.30. The van der Waals surface area contributed by atoms with Crippen molar-refractivity contribution in [2.24, 2.45) is 0 Å². The molecule has 17 heavy (non-hydrogen) atoms. The summed E-state index contributed by atoms with van der Waals surface area (Å²) in [5.41, 5.74) is 2.20. The lowest BCUT2D eigenvalue weighted by Crippen LogP contribution is -2.50. The summed E-state index contributed by atoms with van der Waals surface area (Å²) in [6.45, 7) is 11.6. The standard InChI is InChI=1S/C13H22N4/c1-9(2)12-7-10(3)15-13(16-12)17-6-5-14-8-11(17)4/h7,9,11,14H,5-6,8H2,1-4H3. The lowest BCUT2D eigenvalue weighted by molar-refractivity contribution is 0.491. The molecule has 0 bridgehead atoms. The third-order valence-corrected chi connectivity index (χ3v) is 3.21. The highest BCUT2D eigenvalue weighted by molar-refractivity contribution is 5.35. The predicted octanol–water partition coefficient (Wildman–Crippen LogP) is 1.71. The van der Waals surface area contributed by atoms with Crippen molar-refractivity contribution in [3.05, 3.63) is 17.5 Å². The fourth-order valence-electron chi connectivity index (χ4n) is 2.14. The first-order chi connectivity index (χ1) is 8.08. The van der Waals surface area contributed by atoms with Gasteiger partial charge in [-0.25, -0.2) is 9.97 Å². The Hall–Kier alpha value is -1.16. The lowest BCUT2D eigenvalue weighted by Gasteiger charge is -2.34. The topological polar surface area (TPSA) is 41.1 Å². The van der Waals surface area contributed by atoms with Crippen LogP contribution in [0.2, 0.25) is 0 Å². The van der Waals surface area contributed by atoms with Crippen LogP contribution in [0.1, 0.15) is 38.1 Å². The van der Waals surface area contributed by atoms with Gasteiger partial charge < -0.3 is 10.2 Å². The summed E-state index contributed by atoms with van der Waals surface area (Å²) < 4.78 is 0. The zero-order chi connectivity index (χ0) is 12.4. The molecule has 1 aliphatic rings. The molecule has 1 atom stereocenters. The molecule has 0 amide bonds. The number of anilines is 1. The van der Waals surface area contributed by atoms with Crippen molar-refractivity contribution in [1.82, 2.24) is 15.3 Å². The van der Waals surface area contributed by atoms with E-state index in [2.05, 4.69) is 42.0 Å². The summed E-state index contributed by atoms with van der Waals surface area (Å²) in [4.78, 5) is 11.6. The number of nitrogens with one attached hydrogen (secondary N) is 1. The number of piperazine rings is 1. The SMILES string of the molecule is Cc1cc(C(C)C)nc(N2CCNCC2C)n1. The van der Waals surface area contributed by atoms with E-state index >= 15 is 0 Å². The van der Waals surface area contributed by atoms with Crippen LogP contribution >= 0.6 is 0 Å². The van der Waals surface area contributed by atoms with E-state index in [1.165, 1.54) is 0 Å². The van der Waals surface area contributed by atoms with E-state index < -0.39 is 0 Å². The molecule has 0 saturated carbocycles. The van der Waals surface area contributed by atoms with Gasteiger partial charge in [0.25, 0.3) is 0 Å². The molecule has 94 valence electrons. The van der Waals surface area contributed by atoms with E-state index in [1.807, 2.05) is 6.92 Å². The van der Waals surface area contributed by atoms with E-state index in [4.69, 9.17) is 4.98 Å². The second-order valence-corrected chi connectivity index (χ2v) is 5.14. The Morgan fingerprint density at radius 3 is 2.82 bits per heavy atom. The van der Waals surface area contributed by atoms with Gasteiger partial charge in [0.1, 0.15) is 0 Å². The van der Waals surface area contributed by atoms with Crippen molar-refractivity contribution < 1.29 is 0 Å². The average molecular weight is 234 g/mol. The molecular weight excluding hydrogens is 212 g/mol. The van der Waals surface area contributed by atoms with E-state index in [0.29, 0.717) is 12.0 Å². The monoisotopic (exact) mass is 234 g/mol. The van der Waals surface area contributed by atoms with Gasteiger partial charge >= 0.3 is 0 Å². The minimum absolute atomic E-state index is 0.452. The second kappa shape index (κ2) is 5.00. The number of rotatable bonds is 2. The van der Waals surface area contributed by atoms with E-state index in [1.54, 1.807) is 0 Å². The highest BCUT2D eigenvalue weighted by Gasteiger charge is 2.21. The number of nitrogens with zero attached hydrogens (tertiary/aromatic N) is 3. The zero-order valence-corrected chi connectivity index (χ0v) is 11.2. The van der Waals surface area contributed by atoms with Crippen molar-refractivity contribution >= 4 is 5.95 Å². The van der Waals surface area contributed by atoms with Crippen LogP contribution in [-0.2, 0) is 0 Å². The maximum atomic E-state index is 4.69. The van der Waals surface area contributed by atoms with Gasteiger partial charge in [-0.15, -0.1) is 0 Å². The Morgan fingerprint density at radius 2 is 2.18 bits per heavy atom. The molecule has 4 heteroatoms. The van der Waals surface area contributed by atoms with Crippen molar-refractivity contribution in [3.8, 4) is 0 Å². The van der Waals surface area contributed by atoms with Gasteiger partial charge in [-0.1, -0.05) is 13.8 Å². The van der Waals surface area contributed by atoms with E-state index in [-0.39, 0.29) is 0 Å². The fourth-order valence-corrected chi connectivity index (χ4v) is 2.14. The second-order valence-electron chi connectivity index (χ2n) is 5.14. The third-order valence-electron chi connectivity index (χ3n) is 3.21. The summed E-state index contributed by atoms with van der Waals surface area (Å²) in [7, 11) is 0. The van der Waals surface area contributed by atoms with Gasteiger partial charge in [0.15, 0.2) is 0 Å². The molecule has 1 aromatic rings. The summed E-state index contributed by atoms with van der Waals surface area (Å²) in [6.07, 6.45) is 0. The van der Waals surface area contributed by atoms with Crippen LogP contribution in [0.5, 0.6) is 0 Å². The normalized spacial score (nSPS) is 21.0. The van der Waals surface area contributed by atoms with Crippen LogP contribution in [0.4, 0.5) is 5.95 Å². The molecule has 1 fully saturated rings. The van der Waals surface area contributed by atoms with Crippen molar-refractivity contribution in [2.75, 3.05) is 24.5 Å². The van der Waals surface area contributed by atoms with Gasteiger partial charge in [0.2, 0.25) is 5.95 Å². The molecule has 1 unspecified atom stereocenters. The number of aryl methyl sites for hydroxylation is 1. The molecule has 4 nitrogen and oxygen atoms in total. The van der Waals surface area contributed by atoms with Crippen LogP contribution in [0.25, 0.3) is 0 Å².